The molecule has 1 amide bonds. The Bertz CT molecular complexity index is 777. The normalized spacial score (nSPS) is 10.1. The fourth-order valence-corrected chi connectivity index (χ4v) is 2.05. The van der Waals surface area contributed by atoms with Crippen LogP contribution in [0.1, 0.15) is 15.9 Å². The Balaban J connectivity index is 1.73. The van der Waals surface area contributed by atoms with Gasteiger partial charge in [-0.05, 0) is 23.8 Å². The zero-order valence-corrected chi connectivity index (χ0v) is 12.3. The lowest BCUT2D eigenvalue weighted by atomic mass is 10.2. The van der Waals surface area contributed by atoms with Gasteiger partial charge in [-0.3, -0.25) is 14.8 Å². The number of hydrogen-bond donors (Lipinski definition) is 1. The van der Waals surface area contributed by atoms with Crippen LogP contribution in [-0.4, -0.2) is 15.9 Å². The van der Waals surface area contributed by atoms with Gasteiger partial charge < -0.3 is 10.1 Å². The molecule has 2 aromatic heterocycles. The lowest BCUT2D eigenvalue weighted by Crippen LogP contribution is -2.14. The minimum Gasteiger partial charge on any atom is -0.486 e. The third-order valence-electron chi connectivity index (χ3n) is 3.19. The van der Waals surface area contributed by atoms with Gasteiger partial charge in [0.1, 0.15) is 6.61 Å². The monoisotopic (exact) mass is 305 g/mol. The van der Waals surface area contributed by atoms with Gasteiger partial charge in [0.15, 0.2) is 5.75 Å². The first kappa shape index (κ1) is 14.7. The molecule has 114 valence electrons. The van der Waals surface area contributed by atoms with Gasteiger partial charge in [0, 0.05) is 12.4 Å². The summed E-state index contributed by atoms with van der Waals surface area (Å²) in [5, 5.41) is 2.79. The van der Waals surface area contributed by atoms with Gasteiger partial charge >= 0.3 is 0 Å². The number of hydrogen-bond acceptors (Lipinski definition) is 4. The van der Waals surface area contributed by atoms with E-state index in [1.54, 1.807) is 43.0 Å². The molecule has 1 aromatic carbocycles. The number of rotatable bonds is 5. The summed E-state index contributed by atoms with van der Waals surface area (Å²) in [6.45, 7) is 0.375. The second kappa shape index (κ2) is 7.17. The van der Waals surface area contributed by atoms with Crippen LogP contribution in [0.3, 0.4) is 0 Å². The minimum atomic E-state index is -0.261. The summed E-state index contributed by atoms with van der Waals surface area (Å²) < 4.78 is 5.74. The highest BCUT2D eigenvalue weighted by atomic mass is 16.5. The van der Waals surface area contributed by atoms with E-state index in [9.17, 15) is 4.79 Å². The topological polar surface area (TPSA) is 64.1 Å². The van der Waals surface area contributed by atoms with E-state index in [-0.39, 0.29) is 5.91 Å². The highest BCUT2D eigenvalue weighted by Gasteiger charge is 2.13. The summed E-state index contributed by atoms with van der Waals surface area (Å²) in [5.74, 6) is 0.182. The van der Waals surface area contributed by atoms with E-state index in [0.717, 1.165) is 5.56 Å². The maximum atomic E-state index is 12.4. The number of ether oxygens (including phenoxy) is 1. The quantitative estimate of drug-likeness (QED) is 0.785. The lowest BCUT2D eigenvalue weighted by Gasteiger charge is -2.11. The number of nitrogens with one attached hydrogen (secondary N) is 1. The second-order valence-electron chi connectivity index (χ2n) is 4.84. The fraction of sp³-hybridized carbons (Fsp3) is 0.0556. The number of nitrogens with zero attached hydrogens (tertiary/aromatic N) is 2. The van der Waals surface area contributed by atoms with Gasteiger partial charge in [-0.1, -0.05) is 30.3 Å². The van der Waals surface area contributed by atoms with Crippen molar-refractivity contribution in [3.63, 3.8) is 0 Å². The molecule has 0 radical (unpaired) electrons. The van der Waals surface area contributed by atoms with Crippen LogP contribution in [0.5, 0.6) is 5.75 Å². The molecule has 1 N–H and O–H groups in total. The predicted octanol–water partition coefficient (Wildman–Crippen LogP) is 3.31. The summed E-state index contributed by atoms with van der Waals surface area (Å²) in [5.41, 5.74) is 2.08. The van der Waals surface area contributed by atoms with Crippen molar-refractivity contribution in [2.45, 2.75) is 6.61 Å². The number of carbonyl (C=O) groups is 1. The van der Waals surface area contributed by atoms with Crippen LogP contribution in [0.4, 0.5) is 5.69 Å². The largest absolute Gasteiger partial charge is 0.486 e. The molecule has 0 saturated carbocycles. The Labute approximate surface area is 134 Å². The molecule has 0 fully saturated rings. The van der Waals surface area contributed by atoms with Crippen LogP contribution in [0, 0.1) is 0 Å². The van der Waals surface area contributed by atoms with Crippen LogP contribution < -0.4 is 10.1 Å². The molecule has 0 aliphatic heterocycles. The van der Waals surface area contributed by atoms with Gasteiger partial charge in [0.05, 0.1) is 23.6 Å². The Morgan fingerprint density at radius 2 is 1.78 bits per heavy atom. The maximum absolute atomic E-state index is 12.4. The third kappa shape index (κ3) is 3.91. The van der Waals surface area contributed by atoms with E-state index in [2.05, 4.69) is 15.3 Å². The minimum absolute atomic E-state index is 0.261. The first-order valence-electron chi connectivity index (χ1n) is 7.15. The molecule has 0 spiro atoms. The van der Waals surface area contributed by atoms with Crippen molar-refractivity contribution in [2.24, 2.45) is 0 Å². The van der Waals surface area contributed by atoms with E-state index in [1.807, 2.05) is 30.3 Å². The van der Waals surface area contributed by atoms with Crippen LogP contribution in [0.15, 0.2) is 73.3 Å². The summed E-state index contributed by atoms with van der Waals surface area (Å²) >= 11 is 0. The molecule has 0 aliphatic carbocycles. The van der Waals surface area contributed by atoms with Gasteiger partial charge in [-0.25, -0.2) is 0 Å². The molecule has 0 saturated heterocycles. The van der Waals surface area contributed by atoms with E-state index in [0.29, 0.717) is 23.6 Å². The Morgan fingerprint density at radius 3 is 2.57 bits per heavy atom. The summed E-state index contributed by atoms with van der Waals surface area (Å²) in [7, 11) is 0. The average Bonchev–Trinajstić information content (AvgIpc) is 2.62. The maximum Gasteiger partial charge on any atom is 0.259 e. The van der Waals surface area contributed by atoms with Crippen molar-refractivity contribution in [3.8, 4) is 5.75 Å². The number of anilines is 1. The van der Waals surface area contributed by atoms with Crippen LogP contribution in [-0.2, 0) is 6.61 Å². The molecule has 5 nitrogen and oxygen atoms in total. The van der Waals surface area contributed by atoms with Crippen molar-refractivity contribution in [1.29, 1.82) is 0 Å². The third-order valence-corrected chi connectivity index (χ3v) is 3.19. The molecule has 2 heterocycles. The fourth-order valence-electron chi connectivity index (χ4n) is 2.05. The molecular formula is C18H15N3O2. The molecule has 3 rings (SSSR count). The second-order valence-corrected chi connectivity index (χ2v) is 4.84. The zero-order chi connectivity index (χ0) is 15.9. The number of pyridine rings is 2. The van der Waals surface area contributed by atoms with Crippen molar-refractivity contribution < 1.29 is 9.53 Å². The van der Waals surface area contributed by atoms with E-state index < -0.39 is 0 Å². The number of aromatic nitrogens is 2. The average molecular weight is 305 g/mol. The summed E-state index contributed by atoms with van der Waals surface area (Å²) in [4.78, 5) is 20.4. The van der Waals surface area contributed by atoms with E-state index >= 15 is 0 Å². The number of amides is 1. The van der Waals surface area contributed by atoms with Gasteiger partial charge in [0.25, 0.3) is 5.91 Å². The first-order chi connectivity index (χ1) is 11.3. The van der Waals surface area contributed by atoms with Gasteiger partial charge in [0.2, 0.25) is 0 Å². The van der Waals surface area contributed by atoms with Crippen LogP contribution in [0.2, 0.25) is 0 Å². The summed E-state index contributed by atoms with van der Waals surface area (Å²) in [6, 6.07) is 14.9. The molecule has 0 aliphatic rings. The Hall–Kier alpha value is -3.21. The van der Waals surface area contributed by atoms with Crippen molar-refractivity contribution in [2.75, 3.05) is 5.32 Å². The van der Waals surface area contributed by atoms with E-state index in [4.69, 9.17) is 4.74 Å². The summed E-state index contributed by atoms with van der Waals surface area (Å²) in [6.07, 6.45) is 6.34. The number of benzene rings is 1. The van der Waals surface area contributed by atoms with Crippen molar-refractivity contribution >= 4 is 11.6 Å². The van der Waals surface area contributed by atoms with Gasteiger partial charge in [-0.15, -0.1) is 0 Å². The molecule has 23 heavy (non-hydrogen) atoms. The molecular weight excluding hydrogens is 290 g/mol. The predicted molar refractivity (Wildman–Crippen MR) is 87.2 cm³/mol. The van der Waals surface area contributed by atoms with Gasteiger partial charge in [-0.2, -0.15) is 0 Å². The molecule has 0 atom stereocenters. The van der Waals surface area contributed by atoms with E-state index in [1.165, 1.54) is 0 Å². The molecule has 0 unspecified atom stereocenters. The molecule has 3 aromatic rings. The lowest BCUT2D eigenvalue weighted by molar-refractivity contribution is 0.102. The first-order valence-corrected chi connectivity index (χ1v) is 7.15. The number of carbonyl (C=O) groups excluding carboxylic acids is 1. The van der Waals surface area contributed by atoms with Crippen molar-refractivity contribution in [3.05, 3.63) is 84.4 Å². The van der Waals surface area contributed by atoms with Crippen LogP contribution >= 0.6 is 0 Å². The van der Waals surface area contributed by atoms with Crippen LogP contribution in [0.25, 0.3) is 0 Å². The molecule has 5 heteroatoms. The van der Waals surface area contributed by atoms with Crippen molar-refractivity contribution in [1.82, 2.24) is 9.97 Å². The standard InChI is InChI=1S/C18H15N3O2/c22-18(21-15-7-4-9-19-11-15)16-8-10-20-12-17(16)23-13-14-5-2-1-3-6-14/h1-12H,13H2,(H,21,22). The smallest absolute Gasteiger partial charge is 0.259 e. The Kier molecular flexibility index (Phi) is 4.59. The SMILES string of the molecule is O=C(Nc1cccnc1)c1ccncc1OCc1ccccc1. The highest BCUT2D eigenvalue weighted by molar-refractivity contribution is 6.05. The molecule has 0 bridgehead atoms. The highest BCUT2D eigenvalue weighted by Crippen LogP contribution is 2.19. The zero-order valence-electron chi connectivity index (χ0n) is 12.3. The Morgan fingerprint density at radius 1 is 0.957 bits per heavy atom.